The molecule has 3 rings (SSSR count). The minimum atomic E-state index is -0.276. The Morgan fingerprint density at radius 1 is 1.17 bits per heavy atom. The lowest BCUT2D eigenvalue weighted by atomic mass is 10.1. The average molecular weight is 418 g/mol. The van der Waals surface area contributed by atoms with Gasteiger partial charge >= 0.3 is 6.09 Å². The van der Waals surface area contributed by atoms with Crippen molar-refractivity contribution in [3.8, 4) is 16.3 Å². The van der Waals surface area contributed by atoms with Gasteiger partial charge < -0.3 is 19.7 Å². The van der Waals surface area contributed by atoms with Gasteiger partial charge in [-0.2, -0.15) is 0 Å². The lowest BCUT2D eigenvalue weighted by Gasteiger charge is -2.31. The van der Waals surface area contributed by atoms with Crippen molar-refractivity contribution in [2.45, 2.75) is 39.2 Å². The van der Waals surface area contributed by atoms with Crippen LogP contribution in [0.4, 0.5) is 4.79 Å². The van der Waals surface area contributed by atoms with E-state index in [1.807, 2.05) is 36.6 Å². The SMILES string of the molecule is CCOC(=O)N1CCC(NC(=O)Cc2csc(-c3ccc(OCC)cc3)n2)CC1. The predicted octanol–water partition coefficient (Wildman–Crippen LogP) is 3.49. The van der Waals surface area contributed by atoms with E-state index >= 15 is 0 Å². The molecule has 7 nitrogen and oxygen atoms in total. The molecule has 0 saturated carbocycles. The number of ether oxygens (including phenoxy) is 2. The molecule has 8 heteroatoms. The second-order valence-electron chi connectivity index (χ2n) is 6.81. The maximum Gasteiger partial charge on any atom is 0.409 e. The van der Waals surface area contributed by atoms with Gasteiger partial charge in [0, 0.05) is 30.1 Å². The fourth-order valence-electron chi connectivity index (χ4n) is 3.25. The summed E-state index contributed by atoms with van der Waals surface area (Å²) in [6, 6.07) is 7.89. The van der Waals surface area contributed by atoms with E-state index < -0.39 is 0 Å². The number of carbonyl (C=O) groups excluding carboxylic acids is 2. The van der Waals surface area contributed by atoms with Crippen LogP contribution < -0.4 is 10.1 Å². The average Bonchev–Trinajstić information content (AvgIpc) is 3.18. The van der Waals surface area contributed by atoms with Gasteiger partial charge in [-0.25, -0.2) is 9.78 Å². The molecule has 0 spiro atoms. The molecule has 0 aliphatic carbocycles. The first-order valence-corrected chi connectivity index (χ1v) is 10.9. The quantitative estimate of drug-likeness (QED) is 0.746. The Morgan fingerprint density at radius 3 is 2.55 bits per heavy atom. The van der Waals surface area contributed by atoms with Gasteiger partial charge in [0.15, 0.2) is 0 Å². The minimum Gasteiger partial charge on any atom is -0.494 e. The molecular weight excluding hydrogens is 390 g/mol. The molecule has 29 heavy (non-hydrogen) atoms. The molecule has 1 aromatic heterocycles. The van der Waals surface area contributed by atoms with Crippen LogP contribution in [0.15, 0.2) is 29.6 Å². The van der Waals surface area contributed by atoms with Crippen LogP contribution in [-0.2, 0) is 16.0 Å². The summed E-state index contributed by atoms with van der Waals surface area (Å²) in [6.07, 6.45) is 1.45. The van der Waals surface area contributed by atoms with Crippen molar-refractivity contribution in [3.05, 3.63) is 35.3 Å². The highest BCUT2D eigenvalue weighted by Gasteiger charge is 2.24. The zero-order valence-electron chi connectivity index (χ0n) is 16.8. The van der Waals surface area contributed by atoms with E-state index in [9.17, 15) is 9.59 Å². The fourth-order valence-corrected chi connectivity index (χ4v) is 4.07. The maximum atomic E-state index is 12.4. The molecule has 0 unspecified atom stereocenters. The highest BCUT2D eigenvalue weighted by Crippen LogP contribution is 2.26. The Balaban J connectivity index is 1.47. The molecule has 0 bridgehead atoms. The van der Waals surface area contributed by atoms with Gasteiger partial charge in [-0.05, 0) is 51.0 Å². The number of hydrogen-bond acceptors (Lipinski definition) is 6. The van der Waals surface area contributed by atoms with Crippen molar-refractivity contribution in [3.63, 3.8) is 0 Å². The standard InChI is InChI=1S/C21H27N3O4S/c1-3-27-18-7-5-15(6-8-18)20-23-17(14-29-20)13-19(25)22-16-9-11-24(12-10-16)21(26)28-4-2/h5-8,14,16H,3-4,9-13H2,1-2H3,(H,22,25). The number of thiazole rings is 1. The van der Waals surface area contributed by atoms with Crippen molar-refractivity contribution in [1.29, 1.82) is 0 Å². The normalized spacial score (nSPS) is 14.5. The summed E-state index contributed by atoms with van der Waals surface area (Å²) in [7, 11) is 0. The highest BCUT2D eigenvalue weighted by atomic mass is 32.1. The van der Waals surface area contributed by atoms with E-state index in [0.717, 1.165) is 34.9 Å². The van der Waals surface area contributed by atoms with Crippen molar-refractivity contribution >= 4 is 23.3 Å². The van der Waals surface area contributed by atoms with Crippen LogP contribution in [0.1, 0.15) is 32.4 Å². The Hall–Kier alpha value is -2.61. The number of aromatic nitrogens is 1. The second kappa shape index (κ2) is 10.2. The first-order chi connectivity index (χ1) is 14.1. The molecule has 1 aliphatic heterocycles. The van der Waals surface area contributed by atoms with Crippen LogP contribution in [-0.4, -0.2) is 54.2 Å². The summed E-state index contributed by atoms with van der Waals surface area (Å²) >= 11 is 1.53. The molecule has 1 N–H and O–H groups in total. The van der Waals surface area contributed by atoms with Crippen molar-refractivity contribution in [1.82, 2.24) is 15.2 Å². The smallest absolute Gasteiger partial charge is 0.409 e. The third-order valence-corrected chi connectivity index (χ3v) is 5.63. The molecule has 0 atom stereocenters. The van der Waals surface area contributed by atoms with Crippen molar-refractivity contribution < 1.29 is 19.1 Å². The first kappa shape index (κ1) is 21.1. The van der Waals surface area contributed by atoms with Crippen LogP contribution in [0, 0.1) is 0 Å². The van der Waals surface area contributed by atoms with E-state index in [-0.39, 0.29) is 24.5 Å². The highest BCUT2D eigenvalue weighted by molar-refractivity contribution is 7.13. The summed E-state index contributed by atoms with van der Waals surface area (Å²) in [5.74, 6) is 0.796. The predicted molar refractivity (Wildman–Crippen MR) is 112 cm³/mol. The molecular formula is C21H27N3O4S. The number of rotatable bonds is 7. The van der Waals surface area contributed by atoms with E-state index in [1.54, 1.807) is 11.8 Å². The monoisotopic (exact) mass is 417 g/mol. The van der Waals surface area contributed by atoms with Gasteiger partial charge in [-0.15, -0.1) is 11.3 Å². The Bertz CT molecular complexity index is 814. The fraction of sp³-hybridized carbons (Fsp3) is 0.476. The zero-order valence-corrected chi connectivity index (χ0v) is 17.7. The number of nitrogens with one attached hydrogen (secondary N) is 1. The van der Waals surface area contributed by atoms with Gasteiger partial charge in [0.2, 0.25) is 5.91 Å². The molecule has 2 heterocycles. The number of piperidine rings is 1. The number of carbonyl (C=O) groups is 2. The number of hydrogen-bond donors (Lipinski definition) is 1. The lowest BCUT2D eigenvalue weighted by molar-refractivity contribution is -0.121. The Labute approximate surface area is 175 Å². The molecule has 0 radical (unpaired) electrons. The second-order valence-corrected chi connectivity index (χ2v) is 7.66. The maximum absolute atomic E-state index is 12.4. The van der Waals surface area contributed by atoms with Crippen LogP contribution in [0.3, 0.4) is 0 Å². The molecule has 2 aromatic rings. The van der Waals surface area contributed by atoms with Gasteiger partial charge in [0.25, 0.3) is 0 Å². The molecule has 1 saturated heterocycles. The van der Waals surface area contributed by atoms with E-state index in [0.29, 0.717) is 26.3 Å². The number of likely N-dealkylation sites (tertiary alicyclic amines) is 1. The summed E-state index contributed by atoms with van der Waals surface area (Å²) < 4.78 is 10.5. The Morgan fingerprint density at radius 2 is 1.90 bits per heavy atom. The molecule has 156 valence electrons. The molecule has 2 amide bonds. The Kier molecular flexibility index (Phi) is 7.46. The van der Waals surface area contributed by atoms with Crippen molar-refractivity contribution in [2.24, 2.45) is 0 Å². The van der Waals surface area contributed by atoms with E-state index in [2.05, 4.69) is 10.3 Å². The van der Waals surface area contributed by atoms with Gasteiger partial charge in [0.1, 0.15) is 10.8 Å². The van der Waals surface area contributed by atoms with Gasteiger partial charge in [0.05, 0.1) is 25.3 Å². The van der Waals surface area contributed by atoms with Gasteiger partial charge in [-0.1, -0.05) is 0 Å². The third-order valence-electron chi connectivity index (χ3n) is 4.69. The summed E-state index contributed by atoms with van der Waals surface area (Å²) in [6.45, 7) is 5.96. The molecule has 1 aliphatic rings. The summed E-state index contributed by atoms with van der Waals surface area (Å²) in [4.78, 5) is 30.4. The van der Waals surface area contributed by atoms with E-state index in [1.165, 1.54) is 11.3 Å². The number of amides is 2. The number of benzene rings is 1. The topological polar surface area (TPSA) is 80.8 Å². The van der Waals surface area contributed by atoms with Crippen LogP contribution in [0.2, 0.25) is 0 Å². The van der Waals surface area contributed by atoms with Crippen LogP contribution in [0.25, 0.3) is 10.6 Å². The third kappa shape index (κ3) is 5.93. The van der Waals surface area contributed by atoms with Crippen LogP contribution in [0.5, 0.6) is 5.75 Å². The molecule has 1 aromatic carbocycles. The first-order valence-electron chi connectivity index (χ1n) is 9.97. The number of nitrogens with zero attached hydrogens (tertiary/aromatic N) is 2. The van der Waals surface area contributed by atoms with Gasteiger partial charge in [-0.3, -0.25) is 4.79 Å². The minimum absolute atomic E-state index is 0.0388. The largest absolute Gasteiger partial charge is 0.494 e. The van der Waals surface area contributed by atoms with Crippen molar-refractivity contribution in [2.75, 3.05) is 26.3 Å². The van der Waals surface area contributed by atoms with Crippen LogP contribution >= 0.6 is 11.3 Å². The zero-order chi connectivity index (χ0) is 20.6. The lowest BCUT2D eigenvalue weighted by Crippen LogP contribution is -2.47. The summed E-state index contributed by atoms with van der Waals surface area (Å²) in [5, 5.41) is 5.87. The van der Waals surface area contributed by atoms with E-state index in [4.69, 9.17) is 9.47 Å². The molecule has 1 fully saturated rings. The summed E-state index contributed by atoms with van der Waals surface area (Å²) in [5.41, 5.74) is 1.77.